The van der Waals surface area contributed by atoms with E-state index in [1.54, 1.807) is 7.05 Å². The Morgan fingerprint density at radius 1 is 0.840 bits per heavy atom. The first-order valence-corrected chi connectivity index (χ1v) is 8.00. The van der Waals surface area contributed by atoms with Crippen molar-refractivity contribution in [1.29, 1.82) is 0 Å². The third-order valence-electron chi connectivity index (χ3n) is 3.92. The van der Waals surface area contributed by atoms with Gasteiger partial charge in [0.1, 0.15) is 5.76 Å². The molecule has 0 unspecified atom stereocenters. The zero-order valence-corrected chi connectivity index (χ0v) is 14.1. The van der Waals surface area contributed by atoms with Crippen molar-refractivity contribution < 1.29 is 9.53 Å². The second-order valence-electron chi connectivity index (χ2n) is 5.63. The number of hydrogen-bond donors (Lipinski definition) is 0. The first-order chi connectivity index (χ1) is 12.1. The molecule has 0 fully saturated rings. The van der Waals surface area contributed by atoms with Crippen LogP contribution in [0.5, 0.6) is 0 Å². The summed E-state index contributed by atoms with van der Waals surface area (Å²) in [6.45, 7) is 3.91. The minimum absolute atomic E-state index is 0.325. The lowest BCUT2D eigenvalue weighted by Gasteiger charge is -2.18. The molecule has 25 heavy (non-hydrogen) atoms. The highest BCUT2D eigenvalue weighted by Gasteiger charge is 2.14. The van der Waals surface area contributed by atoms with Gasteiger partial charge in [0.25, 0.3) is 0 Å². The third-order valence-corrected chi connectivity index (χ3v) is 3.92. The van der Waals surface area contributed by atoms with Gasteiger partial charge in [0.15, 0.2) is 0 Å². The first kappa shape index (κ1) is 16.5. The molecule has 3 rings (SSSR count). The molecule has 0 bridgehead atoms. The predicted octanol–water partition coefficient (Wildman–Crippen LogP) is 5.60. The van der Waals surface area contributed by atoms with Crippen LogP contribution in [0.3, 0.4) is 0 Å². The maximum absolute atomic E-state index is 12.3. The summed E-state index contributed by atoms with van der Waals surface area (Å²) in [5.41, 5.74) is 3.69. The van der Waals surface area contributed by atoms with E-state index in [2.05, 4.69) is 6.58 Å². The summed E-state index contributed by atoms with van der Waals surface area (Å²) in [4.78, 5) is 13.8. The normalized spacial score (nSPS) is 10.1. The summed E-state index contributed by atoms with van der Waals surface area (Å²) in [7, 11) is 1.67. The average molecular weight is 329 g/mol. The van der Waals surface area contributed by atoms with Gasteiger partial charge in [-0.3, -0.25) is 4.90 Å². The van der Waals surface area contributed by atoms with E-state index in [4.69, 9.17) is 4.74 Å². The molecule has 3 nitrogen and oxygen atoms in total. The molecule has 0 saturated carbocycles. The standard InChI is InChI=1S/C22H19NO2/c1-17(25-22(24)23(2)21-14-7-4-8-15-21)19-12-9-13-20(16-19)18-10-5-3-6-11-18/h3-16H,1H2,2H3. The number of amides is 1. The van der Waals surface area contributed by atoms with Crippen molar-refractivity contribution in [3.05, 3.63) is 97.1 Å². The van der Waals surface area contributed by atoms with Gasteiger partial charge in [-0.1, -0.05) is 73.3 Å². The van der Waals surface area contributed by atoms with Gasteiger partial charge in [-0.15, -0.1) is 0 Å². The lowest BCUT2D eigenvalue weighted by Crippen LogP contribution is -2.26. The third kappa shape index (κ3) is 3.96. The monoisotopic (exact) mass is 329 g/mol. The maximum Gasteiger partial charge on any atom is 0.419 e. The highest BCUT2D eigenvalue weighted by molar-refractivity contribution is 5.90. The van der Waals surface area contributed by atoms with Crippen molar-refractivity contribution in [3.8, 4) is 11.1 Å². The molecule has 0 heterocycles. The van der Waals surface area contributed by atoms with Crippen molar-refractivity contribution >= 4 is 17.5 Å². The largest absolute Gasteiger partial charge is 0.419 e. The topological polar surface area (TPSA) is 29.5 Å². The summed E-state index contributed by atoms with van der Waals surface area (Å²) >= 11 is 0. The molecule has 0 aromatic heterocycles. The van der Waals surface area contributed by atoms with Crippen LogP contribution in [0.4, 0.5) is 10.5 Å². The second-order valence-corrected chi connectivity index (χ2v) is 5.63. The van der Waals surface area contributed by atoms with E-state index in [0.717, 1.165) is 22.4 Å². The molecule has 3 aromatic carbocycles. The molecule has 3 aromatic rings. The Morgan fingerprint density at radius 2 is 1.44 bits per heavy atom. The van der Waals surface area contributed by atoms with E-state index in [-0.39, 0.29) is 0 Å². The molecule has 0 radical (unpaired) electrons. The molecular formula is C22H19NO2. The Morgan fingerprint density at radius 3 is 2.12 bits per heavy atom. The van der Waals surface area contributed by atoms with Crippen LogP contribution in [0.1, 0.15) is 5.56 Å². The first-order valence-electron chi connectivity index (χ1n) is 8.00. The summed E-state index contributed by atoms with van der Waals surface area (Å²) < 4.78 is 5.44. The Kier molecular flexibility index (Phi) is 4.95. The quantitative estimate of drug-likeness (QED) is 0.583. The van der Waals surface area contributed by atoms with Gasteiger partial charge in [0.2, 0.25) is 0 Å². The van der Waals surface area contributed by atoms with E-state index in [1.807, 2.05) is 84.9 Å². The number of para-hydroxylation sites is 1. The van der Waals surface area contributed by atoms with Crippen molar-refractivity contribution in [3.63, 3.8) is 0 Å². The molecule has 0 atom stereocenters. The molecule has 0 saturated heterocycles. The smallest absolute Gasteiger partial charge is 0.410 e. The Balaban J connectivity index is 1.74. The van der Waals surface area contributed by atoms with Crippen LogP contribution in [-0.4, -0.2) is 13.1 Å². The Bertz CT molecular complexity index is 873. The fourth-order valence-corrected chi connectivity index (χ4v) is 2.49. The van der Waals surface area contributed by atoms with Crippen LogP contribution in [-0.2, 0) is 4.74 Å². The summed E-state index contributed by atoms with van der Waals surface area (Å²) in [5, 5.41) is 0. The molecule has 124 valence electrons. The fourth-order valence-electron chi connectivity index (χ4n) is 2.49. The zero-order valence-electron chi connectivity index (χ0n) is 14.1. The number of carbonyl (C=O) groups is 1. The van der Waals surface area contributed by atoms with Crippen LogP contribution in [0.2, 0.25) is 0 Å². The summed E-state index contributed by atoms with van der Waals surface area (Å²) in [5.74, 6) is 0.325. The molecule has 0 N–H and O–H groups in total. The van der Waals surface area contributed by atoms with E-state index < -0.39 is 6.09 Å². The number of ether oxygens (including phenoxy) is 1. The van der Waals surface area contributed by atoms with Gasteiger partial charge in [-0.05, 0) is 29.3 Å². The van der Waals surface area contributed by atoms with Crippen molar-refractivity contribution in [2.75, 3.05) is 11.9 Å². The number of anilines is 1. The van der Waals surface area contributed by atoms with Gasteiger partial charge >= 0.3 is 6.09 Å². The highest BCUT2D eigenvalue weighted by Crippen LogP contribution is 2.24. The molecule has 0 spiro atoms. The fraction of sp³-hybridized carbons (Fsp3) is 0.0455. The van der Waals surface area contributed by atoms with E-state index in [9.17, 15) is 4.79 Å². The zero-order chi connectivity index (χ0) is 17.6. The molecule has 0 aliphatic carbocycles. The molecule has 1 amide bonds. The molecular weight excluding hydrogens is 310 g/mol. The number of nitrogens with zero attached hydrogens (tertiary/aromatic N) is 1. The van der Waals surface area contributed by atoms with Crippen LogP contribution < -0.4 is 4.90 Å². The van der Waals surface area contributed by atoms with Gasteiger partial charge in [0.05, 0.1) is 0 Å². The lowest BCUT2D eigenvalue weighted by molar-refractivity contribution is 0.201. The van der Waals surface area contributed by atoms with Crippen LogP contribution >= 0.6 is 0 Å². The number of carbonyl (C=O) groups excluding carboxylic acids is 1. The minimum Gasteiger partial charge on any atom is -0.410 e. The van der Waals surface area contributed by atoms with Gasteiger partial charge in [-0.2, -0.15) is 0 Å². The number of benzene rings is 3. The van der Waals surface area contributed by atoms with Crippen molar-refractivity contribution in [2.45, 2.75) is 0 Å². The minimum atomic E-state index is -0.471. The highest BCUT2D eigenvalue weighted by atomic mass is 16.6. The molecule has 0 aliphatic rings. The Labute approximate surface area is 147 Å². The van der Waals surface area contributed by atoms with Crippen LogP contribution in [0.15, 0.2) is 91.5 Å². The van der Waals surface area contributed by atoms with E-state index in [1.165, 1.54) is 4.90 Å². The average Bonchev–Trinajstić information content (AvgIpc) is 2.68. The molecule has 3 heteroatoms. The summed E-state index contributed by atoms with van der Waals surface area (Å²) in [6, 6.07) is 27.2. The number of hydrogen-bond acceptors (Lipinski definition) is 2. The Hall–Kier alpha value is -3.33. The van der Waals surface area contributed by atoms with Gasteiger partial charge in [-0.25, -0.2) is 4.79 Å². The maximum atomic E-state index is 12.3. The molecule has 0 aliphatic heterocycles. The van der Waals surface area contributed by atoms with Gasteiger partial charge < -0.3 is 4.74 Å². The van der Waals surface area contributed by atoms with E-state index in [0.29, 0.717) is 5.76 Å². The van der Waals surface area contributed by atoms with E-state index >= 15 is 0 Å². The van der Waals surface area contributed by atoms with Crippen molar-refractivity contribution in [1.82, 2.24) is 0 Å². The predicted molar refractivity (Wildman–Crippen MR) is 102 cm³/mol. The van der Waals surface area contributed by atoms with Crippen LogP contribution in [0.25, 0.3) is 16.9 Å². The SMILES string of the molecule is C=C(OC(=O)N(C)c1ccccc1)c1cccc(-c2ccccc2)c1. The summed E-state index contributed by atoms with van der Waals surface area (Å²) in [6.07, 6.45) is -0.471. The second kappa shape index (κ2) is 7.49. The van der Waals surface area contributed by atoms with Crippen LogP contribution in [0, 0.1) is 0 Å². The van der Waals surface area contributed by atoms with Gasteiger partial charge in [0, 0.05) is 18.3 Å². The lowest BCUT2D eigenvalue weighted by atomic mass is 10.0. The van der Waals surface area contributed by atoms with Crippen molar-refractivity contribution in [2.24, 2.45) is 0 Å². The number of rotatable bonds is 4.